The van der Waals surface area contributed by atoms with Gasteiger partial charge in [0.1, 0.15) is 23.8 Å². The van der Waals surface area contributed by atoms with Crippen molar-refractivity contribution in [2.24, 2.45) is 4.99 Å². The van der Waals surface area contributed by atoms with E-state index in [0.717, 1.165) is 5.82 Å². The van der Waals surface area contributed by atoms with E-state index in [-0.39, 0.29) is 5.82 Å². The number of fused-ring (bicyclic) bond motifs is 3. The molecule has 114 valence electrons. The van der Waals surface area contributed by atoms with Crippen LogP contribution in [0, 0.1) is 11.6 Å². The van der Waals surface area contributed by atoms with E-state index in [0.29, 0.717) is 35.5 Å². The predicted octanol–water partition coefficient (Wildman–Crippen LogP) is 2.94. The zero-order chi connectivity index (χ0) is 15.8. The summed E-state index contributed by atoms with van der Waals surface area (Å²) in [6, 6.07) is 10.8. The van der Waals surface area contributed by atoms with Gasteiger partial charge in [-0.25, -0.2) is 8.78 Å². The second-order valence-corrected chi connectivity index (χ2v) is 5.24. The highest BCUT2D eigenvalue weighted by molar-refractivity contribution is 6.15. The first-order valence-corrected chi connectivity index (χ1v) is 7.22. The third-order valence-electron chi connectivity index (χ3n) is 3.83. The van der Waals surface area contributed by atoms with E-state index in [9.17, 15) is 8.78 Å². The van der Waals surface area contributed by atoms with E-state index >= 15 is 0 Å². The van der Waals surface area contributed by atoms with E-state index in [2.05, 4.69) is 15.2 Å². The summed E-state index contributed by atoms with van der Waals surface area (Å²) in [5, 5.41) is 7.99. The molecule has 4 rings (SSSR count). The van der Waals surface area contributed by atoms with E-state index < -0.39 is 5.82 Å². The molecule has 0 saturated carbocycles. The maximum atomic E-state index is 14.2. The van der Waals surface area contributed by atoms with Crippen molar-refractivity contribution in [3.8, 4) is 5.69 Å². The zero-order valence-electron chi connectivity index (χ0n) is 12.1. The summed E-state index contributed by atoms with van der Waals surface area (Å²) in [5.74, 6) is -0.0387. The summed E-state index contributed by atoms with van der Waals surface area (Å²) in [6.45, 7) is 0.429. The molecule has 0 N–H and O–H groups in total. The van der Waals surface area contributed by atoms with Gasteiger partial charge in [0, 0.05) is 24.1 Å². The third-order valence-corrected chi connectivity index (χ3v) is 3.83. The fourth-order valence-electron chi connectivity index (χ4n) is 2.78. The quantitative estimate of drug-likeness (QED) is 0.693. The lowest BCUT2D eigenvalue weighted by Gasteiger charge is -2.17. The van der Waals surface area contributed by atoms with Crippen molar-refractivity contribution in [3.63, 3.8) is 0 Å². The number of rotatable bonds is 1. The molecule has 4 nitrogen and oxygen atoms in total. The maximum Gasteiger partial charge on any atom is 0.139 e. The van der Waals surface area contributed by atoms with Crippen molar-refractivity contribution >= 4 is 5.71 Å². The Bertz CT molecular complexity index is 914. The smallest absolute Gasteiger partial charge is 0.139 e. The van der Waals surface area contributed by atoms with Crippen LogP contribution in [0.4, 0.5) is 8.78 Å². The Labute approximate surface area is 131 Å². The number of nitrogens with zero attached hydrogens (tertiary/aromatic N) is 4. The second-order valence-electron chi connectivity index (χ2n) is 5.24. The number of aromatic nitrogens is 3. The molecule has 0 spiro atoms. The molecule has 0 radical (unpaired) electrons. The predicted molar refractivity (Wildman–Crippen MR) is 81.9 cm³/mol. The van der Waals surface area contributed by atoms with Crippen LogP contribution in [-0.2, 0) is 6.42 Å². The molecule has 0 bridgehead atoms. The SMILES string of the molecule is Fc1ccc2c(c1)C(c1ccccc1F)=NCCc1nncn1-2. The molecule has 0 aliphatic carbocycles. The lowest BCUT2D eigenvalue weighted by molar-refractivity contribution is 0.623. The Morgan fingerprint density at radius 3 is 2.74 bits per heavy atom. The Kier molecular flexibility index (Phi) is 3.22. The molecule has 0 unspecified atom stereocenters. The molecule has 0 atom stereocenters. The van der Waals surface area contributed by atoms with Gasteiger partial charge in [-0.1, -0.05) is 12.1 Å². The van der Waals surface area contributed by atoms with Crippen LogP contribution in [0.3, 0.4) is 0 Å². The van der Waals surface area contributed by atoms with Crippen LogP contribution in [0.1, 0.15) is 17.0 Å². The summed E-state index contributed by atoms with van der Waals surface area (Å²) in [6.07, 6.45) is 2.16. The molecule has 2 heterocycles. The normalized spacial score (nSPS) is 13.6. The largest absolute Gasteiger partial charge is 0.285 e. The minimum Gasteiger partial charge on any atom is -0.285 e. The fourth-order valence-corrected chi connectivity index (χ4v) is 2.78. The van der Waals surface area contributed by atoms with E-state index in [1.807, 2.05) is 0 Å². The van der Waals surface area contributed by atoms with Gasteiger partial charge in [0.25, 0.3) is 0 Å². The van der Waals surface area contributed by atoms with Crippen LogP contribution in [0.2, 0.25) is 0 Å². The third kappa shape index (κ3) is 2.32. The number of hydrogen-bond acceptors (Lipinski definition) is 3. The average molecular weight is 310 g/mol. The molecule has 1 aliphatic rings. The van der Waals surface area contributed by atoms with E-state index in [4.69, 9.17) is 0 Å². The van der Waals surface area contributed by atoms with Gasteiger partial charge in [-0.15, -0.1) is 10.2 Å². The highest BCUT2D eigenvalue weighted by Gasteiger charge is 2.20. The van der Waals surface area contributed by atoms with Gasteiger partial charge in [0.2, 0.25) is 0 Å². The second kappa shape index (κ2) is 5.39. The molecule has 1 aliphatic heterocycles. The minimum atomic E-state index is -0.400. The molecule has 0 amide bonds. The number of aliphatic imine (C=N–C) groups is 1. The highest BCUT2D eigenvalue weighted by Crippen LogP contribution is 2.24. The van der Waals surface area contributed by atoms with Crippen molar-refractivity contribution in [2.45, 2.75) is 6.42 Å². The molecule has 3 aromatic rings. The molecular weight excluding hydrogens is 298 g/mol. The van der Waals surface area contributed by atoms with E-state index in [1.165, 1.54) is 18.2 Å². The van der Waals surface area contributed by atoms with Crippen LogP contribution < -0.4 is 0 Å². The average Bonchev–Trinajstić information content (AvgIpc) is 2.99. The Morgan fingerprint density at radius 1 is 1.00 bits per heavy atom. The van der Waals surface area contributed by atoms with Crippen molar-refractivity contribution in [1.29, 1.82) is 0 Å². The van der Waals surface area contributed by atoms with Crippen LogP contribution in [0.25, 0.3) is 5.69 Å². The van der Waals surface area contributed by atoms with Gasteiger partial charge in [0.05, 0.1) is 11.4 Å². The highest BCUT2D eigenvalue weighted by atomic mass is 19.1. The Balaban J connectivity index is 2.00. The van der Waals surface area contributed by atoms with Gasteiger partial charge in [-0.3, -0.25) is 9.56 Å². The summed E-state index contributed by atoms with van der Waals surface area (Å²) in [4.78, 5) is 4.50. The Hall–Kier alpha value is -2.89. The van der Waals surface area contributed by atoms with Crippen molar-refractivity contribution < 1.29 is 8.78 Å². The standard InChI is InChI=1S/C17H12F2N4/c18-11-5-6-15-13(9-11)17(12-3-1-2-4-14(12)19)20-8-7-16-22-21-10-23(15)16/h1-6,9-10H,7-8H2. The lowest BCUT2D eigenvalue weighted by atomic mass is 9.99. The van der Waals surface area contributed by atoms with Gasteiger partial charge in [-0.05, 0) is 30.3 Å². The van der Waals surface area contributed by atoms with Crippen LogP contribution in [0.5, 0.6) is 0 Å². The van der Waals surface area contributed by atoms with Crippen LogP contribution >= 0.6 is 0 Å². The summed E-state index contributed by atoms with van der Waals surface area (Å²) < 4.78 is 29.9. The molecule has 0 fully saturated rings. The number of halogens is 2. The topological polar surface area (TPSA) is 43.1 Å². The maximum absolute atomic E-state index is 14.2. The summed E-state index contributed by atoms with van der Waals surface area (Å²) in [5.41, 5.74) is 2.01. The first kappa shape index (κ1) is 13.8. The molecule has 1 aromatic heterocycles. The van der Waals surface area contributed by atoms with Crippen molar-refractivity contribution in [1.82, 2.24) is 14.8 Å². The number of hydrogen-bond donors (Lipinski definition) is 0. The minimum absolute atomic E-state index is 0.357. The van der Waals surface area contributed by atoms with Crippen LogP contribution in [0.15, 0.2) is 53.8 Å². The van der Waals surface area contributed by atoms with Gasteiger partial charge in [0.15, 0.2) is 0 Å². The van der Waals surface area contributed by atoms with Crippen molar-refractivity contribution in [3.05, 3.63) is 77.4 Å². The van der Waals surface area contributed by atoms with Gasteiger partial charge < -0.3 is 0 Å². The first-order chi connectivity index (χ1) is 11.2. The lowest BCUT2D eigenvalue weighted by Crippen LogP contribution is -2.16. The summed E-state index contributed by atoms with van der Waals surface area (Å²) >= 11 is 0. The molecule has 6 heteroatoms. The number of benzene rings is 2. The molecule has 0 saturated heterocycles. The van der Waals surface area contributed by atoms with Gasteiger partial charge in [-0.2, -0.15) is 0 Å². The Morgan fingerprint density at radius 2 is 1.87 bits per heavy atom. The summed E-state index contributed by atoms with van der Waals surface area (Å²) in [7, 11) is 0. The first-order valence-electron chi connectivity index (χ1n) is 7.22. The van der Waals surface area contributed by atoms with E-state index in [1.54, 1.807) is 35.2 Å². The zero-order valence-corrected chi connectivity index (χ0v) is 12.1. The molecule has 23 heavy (non-hydrogen) atoms. The fraction of sp³-hybridized carbons (Fsp3) is 0.118. The monoisotopic (exact) mass is 310 g/mol. The van der Waals surface area contributed by atoms with Gasteiger partial charge >= 0.3 is 0 Å². The van der Waals surface area contributed by atoms with Crippen molar-refractivity contribution in [2.75, 3.05) is 6.54 Å². The molecular formula is C17H12F2N4. The van der Waals surface area contributed by atoms with Crippen LogP contribution in [-0.4, -0.2) is 27.0 Å². The molecule has 2 aromatic carbocycles.